The normalized spacial score (nSPS) is 11.7. The Balaban J connectivity index is 1.68. The summed E-state index contributed by atoms with van der Waals surface area (Å²) in [5.74, 6) is -0.643. The lowest BCUT2D eigenvalue weighted by Gasteiger charge is -2.16. The summed E-state index contributed by atoms with van der Waals surface area (Å²) >= 11 is 7.27. The molecule has 8 nitrogen and oxygen atoms in total. The van der Waals surface area contributed by atoms with Gasteiger partial charge in [-0.3, -0.25) is 4.79 Å². The first-order valence-electron chi connectivity index (χ1n) is 10.2. The quantitative estimate of drug-likeness (QED) is 0.377. The van der Waals surface area contributed by atoms with Crippen molar-refractivity contribution < 1.29 is 27.8 Å². The predicted molar refractivity (Wildman–Crippen MR) is 125 cm³/mol. The van der Waals surface area contributed by atoms with E-state index in [1.165, 1.54) is 32.0 Å². The van der Waals surface area contributed by atoms with Gasteiger partial charge in [-0.05, 0) is 26.0 Å². The molecule has 1 N–H and O–H groups in total. The van der Waals surface area contributed by atoms with E-state index in [-0.39, 0.29) is 17.4 Å². The predicted octanol–water partition coefficient (Wildman–Crippen LogP) is 5.12. The van der Waals surface area contributed by atoms with Crippen LogP contribution in [0.5, 0.6) is 17.2 Å². The average Bonchev–Trinajstić information content (AvgIpc) is 3.23. The summed E-state index contributed by atoms with van der Waals surface area (Å²) < 4.78 is 44.9. The van der Waals surface area contributed by atoms with Crippen molar-refractivity contribution in [3.63, 3.8) is 0 Å². The van der Waals surface area contributed by atoms with Gasteiger partial charge < -0.3 is 24.1 Å². The summed E-state index contributed by atoms with van der Waals surface area (Å²) in [6, 6.07) is 6.20. The van der Waals surface area contributed by atoms with E-state index >= 15 is 0 Å². The molecule has 0 aliphatic rings. The van der Waals surface area contributed by atoms with Crippen LogP contribution in [0.25, 0.3) is 0 Å². The van der Waals surface area contributed by atoms with Gasteiger partial charge in [-0.25, -0.2) is 8.78 Å². The second-order valence-electron chi connectivity index (χ2n) is 6.94. The van der Waals surface area contributed by atoms with Crippen molar-refractivity contribution in [3.05, 3.63) is 52.8 Å². The van der Waals surface area contributed by atoms with Crippen molar-refractivity contribution in [2.24, 2.45) is 0 Å². The van der Waals surface area contributed by atoms with Gasteiger partial charge in [-0.2, -0.15) is 0 Å². The van der Waals surface area contributed by atoms with Crippen LogP contribution in [-0.2, 0) is 11.3 Å². The molecule has 1 aromatic heterocycles. The number of rotatable bonds is 10. The number of halogens is 3. The minimum atomic E-state index is -0.810. The number of carbonyl (C=O) groups excluding carboxylic acids is 1. The maximum atomic E-state index is 13.9. The minimum absolute atomic E-state index is 0.0358. The zero-order valence-electron chi connectivity index (χ0n) is 18.9. The van der Waals surface area contributed by atoms with Crippen LogP contribution in [0.2, 0.25) is 5.02 Å². The minimum Gasteiger partial charge on any atom is -0.495 e. The monoisotopic (exact) mass is 512 g/mol. The molecule has 3 rings (SSSR count). The highest BCUT2D eigenvalue weighted by Gasteiger charge is 2.21. The third kappa shape index (κ3) is 5.89. The molecule has 0 saturated carbocycles. The van der Waals surface area contributed by atoms with E-state index in [9.17, 15) is 13.6 Å². The number of nitrogens with zero attached hydrogens (tertiary/aromatic N) is 3. The van der Waals surface area contributed by atoms with E-state index in [2.05, 4.69) is 15.5 Å². The zero-order valence-corrected chi connectivity index (χ0v) is 20.5. The fourth-order valence-corrected chi connectivity index (χ4v) is 4.13. The first-order chi connectivity index (χ1) is 16.3. The van der Waals surface area contributed by atoms with Crippen LogP contribution < -0.4 is 19.5 Å². The van der Waals surface area contributed by atoms with Crippen molar-refractivity contribution in [2.75, 3.05) is 25.3 Å². The highest BCUT2D eigenvalue weighted by atomic mass is 35.5. The number of methoxy groups -OCH3 is 2. The Morgan fingerprint density at radius 1 is 1.15 bits per heavy atom. The van der Waals surface area contributed by atoms with Crippen LogP contribution in [-0.4, -0.2) is 40.6 Å². The number of thioether (sulfide) groups is 1. The summed E-state index contributed by atoms with van der Waals surface area (Å²) in [6.07, 6.45) is -0.665. The third-order valence-electron chi connectivity index (χ3n) is 4.70. The van der Waals surface area contributed by atoms with Gasteiger partial charge in [0.1, 0.15) is 17.3 Å². The maximum Gasteiger partial charge on any atom is 0.234 e. The zero-order chi connectivity index (χ0) is 24.8. The van der Waals surface area contributed by atoms with Gasteiger partial charge in [0.15, 0.2) is 28.7 Å². The molecule has 34 heavy (non-hydrogen) atoms. The van der Waals surface area contributed by atoms with Crippen molar-refractivity contribution in [3.8, 4) is 17.2 Å². The number of nitrogens with one attached hydrogen (secondary N) is 1. The number of anilines is 1. The van der Waals surface area contributed by atoms with Gasteiger partial charge in [0.25, 0.3) is 0 Å². The first-order valence-corrected chi connectivity index (χ1v) is 11.5. The van der Waals surface area contributed by atoms with Crippen LogP contribution >= 0.6 is 23.4 Å². The fraction of sp³-hybridized carbons (Fsp3) is 0.318. The van der Waals surface area contributed by atoms with E-state index in [0.29, 0.717) is 39.7 Å². The molecule has 182 valence electrons. The lowest BCUT2D eigenvalue weighted by molar-refractivity contribution is -0.113. The van der Waals surface area contributed by atoms with Crippen molar-refractivity contribution >= 4 is 35.0 Å². The Morgan fingerprint density at radius 3 is 2.53 bits per heavy atom. The molecule has 1 amide bonds. The number of aromatic nitrogens is 3. The van der Waals surface area contributed by atoms with Gasteiger partial charge >= 0.3 is 0 Å². The molecular formula is C22H23ClF2N4O4S. The second-order valence-corrected chi connectivity index (χ2v) is 8.29. The number of benzene rings is 2. The Hall–Kier alpha value is -3.05. The SMILES string of the molecule is CCn1c(SCC(=O)Nc2cc(OC)c(Cl)cc2OC)nnc1C(C)Oc1ccc(F)cc1F. The van der Waals surface area contributed by atoms with Crippen molar-refractivity contribution in [1.82, 2.24) is 14.8 Å². The molecule has 1 unspecified atom stereocenters. The molecule has 3 aromatic rings. The van der Waals surface area contributed by atoms with Gasteiger partial charge in [-0.1, -0.05) is 23.4 Å². The molecule has 0 aliphatic carbocycles. The number of amides is 1. The largest absolute Gasteiger partial charge is 0.495 e. The van der Waals surface area contributed by atoms with Gasteiger partial charge in [-0.15, -0.1) is 10.2 Å². The van der Waals surface area contributed by atoms with Crippen LogP contribution in [0, 0.1) is 11.6 Å². The van der Waals surface area contributed by atoms with E-state index in [4.69, 9.17) is 25.8 Å². The smallest absolute Gasteiger partial charge is 0.234 e. The van der Waals surface area contributed by atoms with Crippen LogP contribution in [0.1, 0.15) is 25.8 Å². The Kier molecular flexibility index (Phi) is 8.56. The molecule has 12 heteroatoms. The van der Waals surface area contributed by atoms with Gasteiger partial charge in [0, 0.05) is 24.7 Å². The summed E-state index contributed by atoms with van der Waals surface area (Å²) in [5.41, 5.74) is 0.412. The van der Waals surface area contributed by atoms with E-state index in [1.54, 1.807) is 23.6 Å². The summed E-state index contributed by atoms with van der Waals surface area (Å²) in [5, 5.41) is 11.9. The highest BCUT2D eigenvalue weighted by molar-refractivity contribution is 7.99. The first kappa shape index (κ1) is 25.6. The fourth-order valence-electron chi connectivity index (χ4n) is 3.09. The average molecular weight is 513 g/mol. The number of carbonyl (C=O) groups is 1. The summed E-state index contributed by atoms with van der Waals surface area (Å²) in [6.45, 7) is 4.06. The molecular weight excluding hydrogens is 490 g/mol. The lowest BCUT2D eigenvalue weighted by Crippen LogP contribution is -2.16. The van der Waals surface area contributed by atoms with Crippen LogP contribution in [0.15, 0.2) is 35.5 Å². The molecule has 1 atom stereocenters. The molecule has 0 aliphatic heterocycles. The topological polar surface area (TPSA) is 87.5 Å². The summed E-state index contributed by atoms with van der Waals surface area (Å²) in [7, 11) is 2.94. The van der Waals surface area contributed by atoms with E-state index in [1.807, 2.05) is 6.92 Å². The Labute approximate surface area is 204 Å². The van der Waals surface area contributed by atoms with E-state index in [0.717, 1.165) is 12.1 Å². The summed E-state index contributed by atoms with van der Waals surface area (Å²) in [4.78, 5) is 12.6. The second kappa shape index (κ2) is 11.4. The van der Waals surface area contributed by atoms with Crippen molar-refractivity contribution in [2.45, 2.75) is 31.7 Å². The third-order valence-corrected chi connectivity index (χ3v) is 5.97. The number of ether oxygens (including phenoxy) is 3. The molecule has 0 radical (unpaired) electrons. The van der Waals surface area contributed by atoms with Gasteiger partial charge in [0.05, 0.1) is 30.7 Å². The molecule has 0 bridgehead atoms. The Bertz CT molecular complexity index is 1180. The highest BCUT2D eigenvalue weighted by Crippen LogP contribution is 2.36. The molecule has 0 fully saturated rings. The number of hydrogen-bond acceptors (Lipinski definition) is 7. The van der Waals surface area contributed by atoms with Crippen LogP contribution in [0.3, 0.4) is 0 Å². The standard InChI is InChI=1S/C22H23ClF2N4O4S/c1-5-29-21(12(2)33-17-7-6-13(24)8-15(17)25)27-28-22(29)34-11-20(30)26-16-10-18(31-3)14(23)9-19(16)32-4/h6-10,12H,5,11H2,1-4H3,(H,26,30). The Morgan fingerprint density at radius 2 is 1.88 bits per heavy atom. The van der Waals surface area contributed by atoms with E-state index < -0.39 is 17.7 Å². The lowest BCUT2D eigenvalue weighted by atomic mass is 10.2. The van der Waals surface area contributed by atoms with Crippen LogP contribution in [0.4, 0.5) is 14.5 Å². The van der Waals surface area contributed by atoms with Gasteiger partial charge in [0.2, 0.25) is 5.91 Å². The molecule has 0 saturated heterocycles. The maximum absolute atomic E-state index is 13.9. The molecule has 2 aromatic carbocycles. The van der Waals surface area contributed by atoms with Crippen molar-refractivity contribution in [1.29, 1.82) is 0 Å². The molecule has 1 heterocycles. The number of hydrogen-bond donors (Lipinski definition) is 1. The molecule has 0 spiro atoms.